The Labute approximate surface area is 125 Å². The second-order valence-corrected chi connectivity index (χ2v) is 7.08. The van der Waals surface area contributed by atoms with E-state index in [9.17, 15) is 17.2 Å². The van der Waals surface area contributed by atoms with E-state index in [4.69, 9.17) is 0 Å². The number of nitrogens with one attached hydrogen (secondary N) is 2. The standard InChI is InChI=1S/C13H14F2N2O2S2/c1-2-16-7-9-6-12(20-8-9)21(18,19)17-13-10(14)4-3-5-11(13)15/h3-6,8,16-17H,2,7H2,1H3. The summed E-state index contributed by atoms with van der Waals surface area (Å²) in [6, 6.07) is 4.63. The Bertz CT molecular complexity index is 709. The van der Waals surface area contributed by atoms with Crippen LogP contribution in [0.15, 0.2) is 33.9 Å². The number of hydrogen-bond acceptors (Lipinski definition) is 4. The normalized spacial score (nSPS) is 11.6. The highest BCUT2D eigenvalue weighted by Crippen LogP contribution is 2.26. The van der Waals surface area contributed by atoms with Gasteiger partial charge in [-0.2, -0.15) is 0 Å². The third-order valence-electron chi connectivity index (χ3n) is 2.67. The summed E-state index contributed by atoms with van der Waals surface area (Å²) in [6.07, 6.45) is 0. The molecule has 2 aromatic rings. The summed E-state index contributed by atoms with van der Waals surface area (Å²) in [5, 5.41) is 4.76. The minimum absolute atomic E-state index is 0.0121. The van der Waals surface area contributed by atoms with Crippen LogP contribution in [0.1, 0.15) is 12.5 Å². The Kier molecular flexibility index (Phi) is 4.92. The minimum atomic E-state index is -4.00. The molecule has 0 radical (unpaired) electrons. The first-order valence-corrected chi connectivity index (χ1v) is 8.55. The molecule has 21 heavy (non-hydrogen) atoms. The van der Waals surface area contributed by atoms with Gasteiger partial charge in [0.25, 0.3) is 10.0 Å². The van der Waals surface area contributed by atoms with Crippen molar-refractivity contribution in [3.8, 4) is 0 Å². The Balaban J connectivity index is 2.24. The lowest BCUT2D eigenvalue weighted by atomic mass is 10.3. The van der Waals surface area contributed by atoms with Gasteiger partial charge < -0.3 is 5.32 Å². The number of halogens is 2. The SMILES string of the molecule is CCNCc1csc(S(=O)(=O)Nc2c(F)cccc2F)c1. The van der Waals surface area contributed by atoms with E-state index in [1.54, 1.807) is 5.38 Å². The number of hydrogen-bond donors (Lipinski definition) is 2. The molecular weight excluding hydrogens is 318 g/mol. The van der Waals surface area contributed by atoms with Gasteiger partial charge in [0.2, 0.25) is 0 Å². The van der Waals surface area contributed by atoms with Crippen LogP contribution in [-0.2, 0) is 16.6 Å². The molecule has 2 rings (SSSR count). The molecule has 0 fully saturated rings. The fourth-order valence-corrected chi connectivity index (χ4v) is 3.92. The minimum Gasteiger partial charge on any atom is -0.313 e. The van der Waals surface area contributed by atoms with E-state index in [1.165, 1.54) is 12.1 Å². The van der Waals surface area contributed by atoms with Crippen LogP contribution >= 0.6 is 11.3 Å². The first-order chi connectivity index (χ1) is 9.94. The predicted octanol–water partition coefficient (Wildman–Crippen LogP) is 2.94. The number of sulfonamides is 1. The van der Waals surface area contributed by atoms with E-state index in [1.807, 2.05) is 11.6 Å². The Morgan fingerprint density at radius 3 is 2.52 bits per heavy atom. The summed E-state index contributed by atoms with van der Waals surface area (Å²) in [7, 11) is -4.00. The Morgan fingerprint density at radius 1 is 1.24 bits per heavy atom. The molecule has 0 spiro atoms. The van der Waals surface area contributed by atoms with Crippen LogP contribution in [0.4, 0.5) is 14.5 Å². The van der Waals surface area contributed by atoms with Crippen LogP contribution in [0.3, 0.4) is 0 Å². The van der Waals surface area contributed by atoms with Crippen molar-refractivity contribution in [3.63, 3.8) is 0 Å². The van der Waals surface area contributed by atoms with Gasteiger partial charge in [-0.25, -0.2) is 17.2 Å². The molecule has 0 amide bonds. The monoisotopic (exact) mass is 332 g/mol. The first kappa shape index (κ1) is 15.9. The van der Waals surface area contributed by atoms with Gasteiger partial charge in [0, 0.05) is 6.54 Å². The number of benzene rings is 1. The zero-order chi connectivity index (χ0) is 15.5. The molecule has 0 atom stereocenters. The molecular formula is C13H14F2N2O2S2. The predicted molar refractivity (Wildman–Crippen MR) is 78.9 cm³/mol. The molecule has 1 heterocycles. The Hall–Kier alpha value is -1.51. The van der Waals surface area contributed by atoms with Gasteiger partial charge in [-0.1, -0.05) is 13.0 Å². The molecule has 8 heteroatoms. The van der Waals surface area contributed by atoms with Crippen molar-refractivity contribution in [3.05, 3.63) is 46.8 Å². The third kappa shape index (κ3) is 3.78. The quantitative estimate of drug-likeness (QED) is 0.855. The number of thiophene rings is 1. The molecule has 4 nitrogen and oxygen atoms in total. The molecule has 1 aromatic heterocycles. The van der Waals surface area contributed by atoms with Gasteiger partial charge in [-0.05, 0) is 35.7 Å². The van der Waals surface area contributed by atoms with E-state index >= 15 is 0 Å². The zero-order valence-electron chi connectivity index (χ0n) is 11.2. The highest BCUT2D eigenvalue weighted by atomic mass is 32.2. The summed E-state index contributed by atoms with van der Waals surface area (Å²) in [4.78, 5) is 0. The maximum Gasteiger partial charge on any atom is 0.271 e. The average molecular weight is 332 g/mol. The number of rotatable bonds is 6. The lowest BCUT2D eigenvalue weighted by Gasteiger charge is -2.08. The summed E-state index contributed by atoms with van der Waals surface area (Å²) in [6.45, 7) is 3.24. The lowest BCUT2D eigenvalue weighted by Crippen LogP contribution is -2.14. The van der Waals surface area contributed by atoms with Crippen molar-refractivity contribution in [2.45, 2.75) is 17.7 Å². The van der Waals surface area contributed by atoms with Crippen LogP contribution in [0.5, 0.6) is 0 Å². The second kappa shape index (κ2) is 6.50. The Morgan fingerprint density at radius 2 is 1.90 bits per heavy atom. The molecule has 0 unspecified atom stereocenters. The first-order valence-electron chi connectivity index (χ1n) is 6.19. The molecule has 1 aromatic carbocycles. The number of para-hydroxylation sites is 1. The van der Waals surface area contributed by atoms with Gasteiger partial charge >= 0.3 is 0 Å². The third-order valence-corrected chi connectivity index (χ3v) is 5.51. The van der Waals surface area contributed by atoms with E-state index in [-0.39, 0.29) is 4.21 Å². The fraction of sp³-hybridized carbons (Fsp3) is 0.231. The fourth-order valence-electron chi connectivity index (χ4n) is 1.64. The van der Waals surface area contributed by atoms with Crippen molar-refractivity contribution in [2.24, 2.45) is 0 Å². The highest BCUT2D eigenvalue weighted by molar-refractivity contribution is 7.94. The van der Waals surface area contributed by atoms with Crippen molar-refractivity contribution >= 4 is 27.0 Å². The van der Waals surface area contributed by atoms with Crippen LogP contribution in [0.2, 0.25) is 0 Å². The van der Waals surface area contributed by atoms with Crippen molar-refractivity contribution in [2.75, 3.05) is 11.3 Å². The van der Waals surface area contributed by atoms with Gasteiger partial charge in [-0.3, -0.25) is 4.72 Å². The topological polar surface area (TPSA) is 58.2 Å². The van der Waals surface area contributed by atoms with E-state index < -0.39 is 27.3 Å². The van der Waals surface area contributed by atoms with Gasteiger partial charge in [0.1, 0.15) is 21.5 Å². The molecule has 114 valence electrons. The van der Waals surface area contributed by atoms with Crippen LogP contribution in [-0.4, -0.2) is 15.0 Å². The lowest BCUT2D eigenvalue weighted by molar-refractivity contribution is 0.583. The molecule has 0 saturated heterocycles. The van der Waals surface area contributed by atoms with Gasteiger partial charge in [0.15, 0.2) is 0 Å². The molecule has 0 saturated carbocycles. The molecule has 2 N–H and O–H groups in total. The smallest absolute Gasteiger partial charge is 0.271 e. The van der Waals surface area contributed by atoms with Gasteiger partial charge in [-0.15, -0.1) is 11.3 Å². The summed E-state index contributed by atoms with van der Waals surface area (Å²) in [5.74, 6) is -1.91. The maximum absolute atomic E-state index is 13.5. The van der Waals surface area contributed by atoms with Crippen molar-refractivity contribution in [1.29, 1.82) is 0 Å². The largest absolute Gasteiger partial charge is 0.313 e. The number of anilines is 1. The van der Waals surface area contributed by atoms with E-state index in [0.717, 1.165) is 35.6 Å². The maximum atomic E-state index is 13.5. The second-order valence-electron chi connectivity index (χ2n) is 4.26. The molecule has 0 aliphatic rings. The van der Waals surface area contributed by atoms with Gasteiger partial charge in [0.05, 0.1) is 0 Å². The zero-order valence-corrected chi connectivity index (χ0v) is 12.8. The summed E-state index contributed by atoms with van der Waals surface area (Å²) >= 11 is 1.00. The van der Waals surface area contributed by atoms with Crippen molar-refractivity contribution in [1.82, 2.24) is 5.32 Å². The van der Waals surface area contributed by atoms with Crippen LogP contribution < -0.4 is 10.0 Å². The van der Waals surface area contributed by atoms with Crippen molar-refractivity contribution < 1.29 is 17.2 Å². The van der Waals surface area contributed by atoms with E-state index in [2.05, 4.69) is 5.32 Å². The molecule has 0 aliphatic heterocycles. The molecule has 0 aliphatic carbocycles. The van der Waals surface area contributed by atoms with E-state index in [0.29, 0.717) is 6.54 Å². The highest BCUT2D eigenvalue weighted by Gasteiger charge is 2.20. The molecule has 0 bridgehead atoms. The van der Waals surface area contributed by atoms with Crippen LogP contribution in [0, 0.1) is 11.6 Å². The average Bonchev–Trinajstić information content (AvgIpc) is 2.90. The van der Waals surface area contributed by atoms with Crippen LogP contribution in [0.25, 0.3) is 0 Å². The summed E-state index contributed by atoms with van der Waals surface area (Å²) < 4.78 is 53.2. The summed E-state index contributed by atoms with van der Waals surface area (Å²) in [5.41, 5.74) is 0.135.